The van der Waals surface area contributed by atoms with Gasteiger partial charge in [0.2, 0.25) is 5.91 Å². The van der Waals surface area contributed by atoms with Crippen molar-refractivity contribution >= 4 is 12.0 Å². The van der Waals surface area contributed by atoms with E-state index in [1.54, 1.807) is 18.2 Å². The first-order chi connectivity index (χ1) is 12.9. The molecule has 0 heterocycles. The Kier molecular flexibility index (Phi) is 7.34. The maximum absolute atomic E-state index is 12.8. The van der Waals surface area contributed by atoms with E-state index in [-0.39, 0.29) is 5.91 Å². The molecule has 0 spiro atoms. The van der Waals surface area contributed by atoms with Crippen LogP contribution in [0.2, 0.25) is 0 Å². The van der Waals surface area contributed by atoms with Crippen LogP contribution in [0.3, 0.4) is 0 Å². The van der Waals surface area contributed by atoms with E-state index in [1.807, 2.05) is 43.3 Å². The van der Waals surface area contributed by atoms with Gasteiger partial charge in [-0.3, -0.25) is 4.79 Å². The number of rotatable bonds is 7. The highest BCUT2D eigenvalue weighted by atomic mass is 16.2. The molecule has 0 saturated heterocycles. The molecule has 0 atom stereocenters. The quantitative estimate of drug-likeness (QED) is 0.705. The van der Waals surface area contributed by atoms with Crippen LogP contribution in [-0.2, 0) is 11.3 Å². The average molecular weight is 361 g/mol. The Balaban J connectivity index is 2.14. The van der Waals surface area contributed by atoms with Gasteiger partial charge in [-0.05, 0) is 62.8 Å². The highest BCUT2D eigenvalue weighted by Gasteiger charge is 2.12. The Hall–Kier alpha value is -2.90. The van der Waals surface area contributed by atoms with Crippen LogP contribution < -0.4 is 0 Å². The number of likely N-dealkylation sites (N-methyl/N-ethyl adjacent to an activating group) is 1. The largest absolute Gasteiger partial charge is 0.334 e. The van der Waals surface area contributed by atoms with Crippen molar-refractivity contribution in [1.82, 2.24) is 9.80 Å². The Morgan fingerprint density at radius 1 is 1.07 bits per heavy atom. The fraction of sp³-hybridized carbons (Fsp3) is 0.304. The van der Waals surface area contributed by atoms with E-state index in [1.165, 1.54) is 5.56 Å². The summed E-state index contributed by atoms with van der Waals surface area (Å²) >= 11 is 0. The molecule has 1 amide bonds. The van der Waals surface area contributed by atoms with Gasteiger partial charge in [-0.15, -0.1) is 0 Å². The molecule has 0 aliphatic heterocycles. The van der Waals surface area contributed by atoms with E-state index in [9.17, 15) is 4.79 Å². The molecule has 0 aromatic heterocycles. The monoisotopic (exact) mass is 361 g/mol. The first-order valence-corrected chi connectivity index (χ1v) is 9.07. The summed E-state index contributed by atoms with van der Waals surface area (Å²) in [5.74, 6) is -0.0128. The van der Waals surface area contributed by atoms with Crippen LogP contribution in [0.4, 0.5) is 0 Å². The molecule has 0 bridgehead atoms. The molecule has 0 aliphatic rings. The molecule has 0 N–H and O–H groups in total. The van der Waals surface area contributed by atoms with Gasteiger partial charge in [0, 0.05) is 25.7 Å². The van der Waals surface area contributed by atoms with Crippen LogP contribution >= 0.6 is 0 Å². The molecule has 2 aromatic carbocycles. The smallest absolute Gasteiger partial charge is 0.246 e. The van der Waals surface area contributed by atoms with Crippen molar-refractivity contribution in [2.24, 2.45) is 0 Å². The van der Waals surface area contributed by atoms with Crippen LogP contribution in [0.1, 0.15) is 27.8 Å². The third-order valence-electron chi connectivity index (χ3n) is 4.42. The lowest BCUT2D eigenvalue weighted by Crippen LogP contribution is -2.35. The Morgan fingerprint density at radius 2 is 1.78 bits per heavy atom. The Bertz CT molecular complexity index is 845. The van der Waals surface area contributed by atoms with E-state index in [0.717, 1.165) is 23.2 Å². The van der Waals surface area contributed by atoms with Gasteiger partial charge in [0.15, 0.2) is 0 Å². The number of nitrogens with zero attached hydrogens (tertiary/aromatic N) is 3. The van der Waals surface area contributed by atoms with E-state index in [4.69, 9.17) is 5.26 Å². The zero-order chi connectivity index (χ0) is 19.8. The molecule has 27 heavy (non-hydrogen) atoms. The number of nitriles is 1. The summed E-state index contributed by atoms with van der Waals surface area (Å²) in [7, 11) is 3.99. The van der Waals surface area contributed by atoms with Gasteiger partial charge in [0.05, 0.1) is 11.6 Å². The standard InChI is InChI=1S/C23H27N3O/c1-18-5-10-22(19(2)15-18)11-12-23(27)26(14-13-25(3)4)17-21-8-6-20(16-24)7-9-21/h5-12,15H,13-14,17H2,1-4H3/b12-11+. The van der Waals surface area contributed by atoms with E-state index < -0.39 is 0 Å². The summed E-state index contributed by atoms with van der Waals surface area (Å²) < 4.78 is 0. The number of hydrogen-bond acceptors (Lipinski definition) is 3. The number of hydrogen-bond donors (Lipinski definition) is 0. The van der Waals surface area contributed by atoms with Gasteiger partial charge in [-0.1, -0.05) is 35.9 Å². The van der Waals surface area contributed by atoms with Crippen molar-refractivity contribution < 1.29 is 4.79 Å². The van der Waals surface area contributed by atoms with Crippen LogP contribution in [-0.4, -0.2) is 42.9 Å². The number of aryl methyl sites for hydroxylation is 2. The molecular formula is C23H27N3O. The zero-order valence-corrected chi connectivity index (χ0v) is 16.6. The van der Waals surface area contributed by atoms with Crippen molar-refractivity contribution in [3.8, 4) is 6.07 Å². The molecule has 4 heteroatoms. The number of carbonyl (C=O) groups excluding carboxylic acids is 1. The van der Waals surface area contributed by atoms with Crippen molar-refractivity contribution in [2.75, 3.05) is 27.2 Å². The summed E-state index contributed by atoms with van der Waals surface area (Å²) in [5, 5.41) is 8.93. The van der Waals surface area contributed by atoms with E-state index in [2.05, 4.69) is 36.9 Å². The van der Waals surface area contributed by atoms with Crippen molar-refractivity contribution in [3.05, 3.63) is 76.4 Å². The van der Waals surface area contributed by atoms with Gasteiger partial charge >= 0.3 is 0 Å². The average Bonchev–Trinajstić information content (AvgIpc) is 2.64. The fourth-order valence-corrected chi connectivity index (χ4v) is 2.77. The first kappa shape index (κ1) is 20.4. The third kappa shape index (κ3) is 6.40. The van der Waals surface area contributed by atoms with Crippen molar-refractivity contribution in [3.63, 3.8) is 0 Å². The molecule has 140 valence electrons. The normalized spacial score (nSPS) is 11.0. The lowest BCUT2D eigenvalue weighted by molar-refractivity contribution is -0.126. The molecule has 2 aromatic rings. The van der Waals surface area contributed by atoms with Gasteiger partial charge in [0.1, 0.15) is 0 Å². The fourth-order valence-electron chi connectivity index (χ4n) is 2.77. The van der Waals surface area contributed by atoms with Gasteiger partial charge in [-0.25, -0.2) is 0 Å². The van der Waals surface area contributed by atoms with Crippen LogP contribution in [0, 0.1) is 25.2 Å². The summed E-state index contributed by atoms with van der Waals surface area (Å²) in [4.78, 5) is 16.7. The second-order valence-corrected chi connectivity index (χ2v) is 7.07. The Morgan fingerprint density at radius 3 is 2.37 bits per heavy atom. The highest BCUT2D eigenvalue weighted by Crippen LogP contribution is 2.13. The van der Waals surface area contributed by atoms with Crippen molar-refractivity contribution in [1.29, 1.82) is 5.26 Å². The molecule has 0 radical (unpaired) electrons. The molecule has 0 unspecified atom stereocenters. The minimum absolute atomic E-state index is 0.0128. The second-order valence-electron chi connectivity index (χ2n) is 7.07. The SMILES string of the molecule is Cc1ccc(/C=C/C(=O)N(CCN(C)C)Cc2ccc(C#N)cc2)c(C)c1. The van der Waals surface area contributed by atoms with Gasteiger partial charge in [0.25, 0.3) is 0 Å². The molecule has 0 saturated carbocycles. The second kappa shape index (κ2) is 9.70. The van der Waals surface area contributed by atoms with Crippen LogP contribution in [0.25, 0.3) is 6.08 Å². The highest BCUT2D eigenvalue weighted by molar-refractivity contribution is 5.92. The summed E-state index contributed by atoms with van der Waals surface area (Å²) in [6.45, 7) is 6.07. The van der Waals surface area contributed by atoms with Crippen molar-refractivity contribution in [2.45, 2.75) is 20.4 Å². The molecule has 4 nitrogen and oxygen atoms in total. The topological polar surface area (TPSA) is 47.3 Å². The summed E-state index contributed by atoms with van der Waals surface area (Å²) in [6.07, 6.45) is 3.54. The molecule has 2 rings (SSSR count). The first-order valence-electron chi connectivity index (χ1n) is 9.07. The minimum Gasteiger partial charge on any atom is -0.334 e. The molecule has 0 aliphatic carbocycles. The van der Waals surface area contributed by atoms with E-state index >= 15 is 0 Å². The maximum Gasteiger partial charge on any atom is 0.246 e. The lowest BCUT2D eigenvalue weighted by Gasteiger charge is -2.23. The maximum atomic E-state index is 12.8. The Labute approximate surface area is 162 Å². The van der Waals surface area contributed by atoms with Gasteiger partial charge in [-0.2, -0.15) is 5.26 Å². The molecule has 0 fully saturated rings. The third-order valence-corrected chi connectivity index (χ3v) is 4.42. The van der Waals surface area contributed by atoms with E-state index in [0.29, 0.717) is 18.7 Å². The van der Waals surface area contributed by atoms with Crippen LogP contribution in [0.15, 0.2) is 48.5 Å². The van der Waals surface area contributed by atoms with Gasteiger partial charge < -0.3 is 9.80 Å². The van der Waals surface area contributed by atoms with Crippen LogP contribution in [0.5, 0.6) is 0 Å². The number of benzene rings is 2. The lowest BCUT2D eigenvalue weighted by atomic mass is 10.1. The predicted molar refractivity (Wildman–Crippen MR) is 110 cm³/mol. The number of carbonyl (C=O) groups is 1. The number of amides is 1. The molecular weight excluding hydrogens is 334 g/mol. The minimum atomic E-state index is -0.0128. The summed E-state index contributed by atoms with van der Waals surface area (Å²) in [6, 6.07) is 15.7. The predicted octanol–water partition coefficient (Wildman–Crippen LogP) is 3.78. The summed E-state index contributed by atoms with van der Waals surface area (Å²) in [5.41, 5.74) is 5.07. The zero-order valence-electron chi connectivity index (χ0n) is 16.6.